The second-order valence-electron chi connectivity index (χ2n) is 3.81. The smallest absolute Gasteiger partial charge is 0.406 e. The van der Waals surface area contributed by atoms with E-state index in [1.807, 2.05) is 0 Å². The Kier molecular flexibility index (Phi) is 3.05. The first-order chi connectivity index (χ1) is 7.54. The summed E-state index contributed by atoms with van der Waals surface area (Å²) in [5.41, 5.74) is 1.06. The topological polar surface area (TPSA) is 21.3 Å². The van der Waals surface area contributed by atoms with Gasteiger partial charge in [0, 0.05) is 6.54 Å². The molecule has 0 aliphatic carbocycles. The van der Waals surface area contributed by atoms with Gasteiger partial charge in [-0.2, -0.15) is 0 Å². The Labute approximate surface area is 91.4 Å². The van der Waals surface area contributed by atoms with E-state index in [1.165, 1.54) is 12.1 Å². The first-order valence-corrected chi connectivity index (χ1v) is 5.11. The van der Waals surface area contributed by atoms with Crippen LogP contribution in [-0.2, 0) is 0 Å². The van der Waals surface area contributed by atoms with Crippen molar-refractivity contribution in [3.05, 3.63) is 29.8 Å². The van der Waals surface area contributed by atoms with Crippen LogP contribution in [0.5, 0.6) is 5.75 Å². The van der Waals surface area contributed by atoms with Crippen LogP contribution >= 0.6 is 0 Å². The Bertz CT molecular complexity index is 341. The highest BCUT2D eigenvalue weighted by Gasteiger charge is 2.31. The second-order valence-corrected chi connectivity index (χ2v) is 3.81. The van der Waals surface area contributed by atoms with Crippen LogP contribution in [0.1, 0.15) is 17.9 Å². The molecule has 0 bridgehead atoms. The molecule has 0 saturated carbocycles. The zero-order valence-corrected chi connectivity index (χ0v) is 8.55. The van der Waals surface area contributed by atoms with Crippen LogP contribution < -0.4 is 10.1 Å². The number of alkyl halides is 3. The van der Waals surface area contributed by atoms with Gasteiger partial charge >= 0.3 is 6.36 Å². The molecule has 2 rings (SSSR count). The number of hydrogen-bond acceptors (Lipinski definition) is 2. The maximum absolute atomic E-state index is 11.9. The molecular formula is C11H12F3NO. The molecule has 0 aromatic heterocycles. The maximum atomic E-state index is 11.9. The molecule has 1 aromatic carbocycles. The van der Waals surface area contributed by atoms with Gasteiger partial charge in [0.2, 0.25) is 0 Å². The first-order valence-electron chi connectivity index (χ1n) is 5.11. The highest BCUT2D eigenvalue weighted by atomic mass is 19.4. The molecule has 1 atom stereocenters. The summed E-state index contributed by atoms with van der Waals surface area (Å²) in [7, 11) is 0. The standard InChI is InChI=1S/C11H12F3NO/c12-11(13,14)16-10-3-1-8(2-4-10)9-5-6-15-7-9/h1-4,9,15H,5-7H2/t9-/m1/s1. The molecule has 5 heteroatoms. The molecule has 1 aliphatic heterocycles. The van der Waals surface area contributed by atoms with E-state index < -0.39 is 6.36 Å². The lowest BCUT2D eigenvalue weighted by Gasteiger charge is -2.11. The van der Waals surface area contributed by atoms with Gasteiger partial charge in [-0.3, -0.25) is 0 Å². The molecule has 1 aliphatic rings. The van der Waals surface area contributed by atoms with Crippen LogP contribution in [0.25, 0.3) is 0 Å². The molecule has 2 nitrogen and oxygen atoms in total. The van der Waals surface area contributed by atoms with E-state index in [2.05, 4.69) is 10.1 Å². The Hall–Kier alpha value is -1.23. The van der Waals surface area contributed by atoms with Crippen molar-refractivity contribution in [2.75, 3.05) is 13.1 Å². The van der Waals surface area contributed by atoms with Crippen molar-refractivity contribution in [3.63, 3.8) is 0 Å². The summed E-state index contributed by atoms with van der Waals surface area (Å²) >= 11 is 0. The molecule has 0 amide bonds. The molecule has 1 saturated heterocycles. The lowest BCUT2D eigenvalue weighted by molar-refractivity contribution is -0.274. The van der Waals surface area contributed by atoms with Gasteiger partial charge in [0.15, 0.2) is 0 Å². The van der Waals surface area contributed by atoms with E-state index in [1.54, 1.807) is 12.1 Å². The van der Waals surface area contributed by atoms with Crippen LogP contribution in [0, 0.1) is 0 Å². The Balaban J connectivity index is 2.04. The number of halogens is 3. The summed E-state index contributed by atoms with van der Waals surface area (Å²) in [6.07, 6.45) is -3.59. The summed E-state index contributed by atoms with van der Waals surface area (Å²) in [5, 5.41) is 3.21. The van der Waals surface area contributed by atoms with Gasteiger partial charge in [0.25, 0.3) is 0 Å². The summed E-state index contributed by atoms with van der Waals surface area (Å²) < 4.78 is 39.5. The van der Waals surface area contributed by atoms with Crippen LogP contribution in [0.2, 0.25) is 0 Å². The van der Waals surface area contributed by atoms with E-state index in [0.29, 0.717) is 5.92 Å². The molecule has 0 unspecified atom stereocenters. The Morgan fingerprint density at radius 1 is 1.19 bits per heavy atom. The summed E-state index contributed by atoms with van der Waals surface area (Å²) in [6.45, 7) is 1.85. The fourth-order valence-electron chi connectivity index (χ4n) is 1.88. The number of hydrogen-bond donors (Lipinski definition) is 1. The van der Waals surface area contributed by atoms with Gasteiger partial charge in [0.05, 0.1) is 0 Å². The van der Waals surface area contributed by atoms with Gasteiger partial charge in [-0.25, -0.2) is 0 Å². The van der Waals surface area contributed by atoms with Gasteiger partial charge in [0.1, 0.15) is 5.75 Å². The molecule has 1 aromatic rings. The second kappa shape index (κ2) is 4.33. The molecule has 0 radical (unpaired) electrons. The average Bonchev–Trinajstić information content (AvgIpc) is 2.69. The highest BCUT2D eigenvalue weighted by Crippen LogP contribution is 2.27. The summed E-state index contributed by atoms with van der Waals surface area (Å²) in [6, 6.07) is 6.11. The summed E-state index contributed by atoms with van der Waals surface area (Å²) in [4.78, 5) is 0. The molecular weight excluding hydrogens is 219 g/mol. The molecule has 88 valence electrons. The molecule has 16 heavy (non-hydrogen) atoms. The van der Waals surface area contributed by atoms with Crippen molar-refractivity contribution in [1.82, 2.24) is 5.32 Å². The third-order valence-electron chi connectivity index (χ3n) is 2.65. The van der Waals surface area contributed by atoms with Crippen molar-refractivity contribution < 1.29 is 17.9 Å². The lowest BCUT2D eigenvalue weighted by Crippen LogP contribution is -2.17. The van der Waals surface area contributed by atoms with Gasteiger partial charge in [-0.1, -0.05) is 12.1 Å². The normalized spacial score (nSPS) is 21.1. The molecule has 0 spiro atoms. The molecule has 1 heterocycles. The maximum Gasteiger partial charge on any atom is 0.573 e. The first kappa shape index (κ1) is 11.3. The van der Waals surface area contributed by atoms with E-state index in [0.717, 1.165) is 25.1 Å². The largest absolute Gasteiger partial charge is 0.573 e. The lowest BCUT2D eigenvalue weighted by atomic mass is 9.99. The SMILES string of the molecule is FC(F)(F)Oc1ccc([C@@H]2CCNC2)cc1. The van der Waals surface area contributed by atoms with Gasteiger partial charge in [-0.05, 0) is 36.6 Å². The van der Waals surface area contributed by atoms with Crippen LogP contribution in [-0.4, -0.2) is 19.5 Å². The van der Waals surface area contributed by atoms with Crippen LogP contribution in [0.15, 0.2) is 24.3 Å². The van der Waals surface area contributed by atoms with E-state index in [-0.39, 0.29) is 5.75 Å². The zero-order chi connectivity index (χ0) is 11.6. The summed E-state index contributed by atoms with van der Waals surface area (Å²) in [5.74, 6) is 0.238. The quantitative estimate of drug-likeness (QED) is 0.844. The third kappa shape index (κ3) is 2.88. The van der Waals surface area contributed by atoms with Crippen LogP contribution in [0.3, 0.4) is 0 Å². The fourth-order valence-corrected chi connectivity index (χ4v) is 1.88. The predicted molar refractivity (Wildman–Crippen MR) is 53.4 cm³/mol. The van der Waals surface area contributed by atoms with E-state index in [4.69, 9.17) is 0 Å². The average molecular weight is 231 g/mol. The Morgan fingerprint density at radius 3 is 2.38 bits per heavy atom. The van der Waals surface area contributed by atoms with Crippen LogP contribution in [0.4, 0.5) is 13.2 Å². The van der Waals surface area contributed by atoms with E-state index in [9.17, 15) is 13.2 Å². The van der Waals surface area contributed by atoms with Crippen molar-refractivity contribution in [2.24, 2.45) is 0 Å². The minimum atomic E-state index is -4.61. The monoisotopic (exact) mass is 231 g/mol. The van der Waals surface area contributed by atoms with Crippen molar-refractivity contribution in [3.8, 4) is 5.75 Å². The Morgan fingerprint density at radius 2 is 1.88 bits per heavy atom. The van der Waals surface area contributed by atoms with Crippen molar-refractivity contribution in [2.45, 2.75) is 18.7 Å². The molecule has 1 fully saturated rings. The predicted octanol–water partition coefficient (Wildman–Crippen LogP) is 2.66. The highest BCUT2D eigenvalue weighted by molar-refractivity contribution is 5.30. The van der Waals surface area contributed by atoms with Crippen molar-refractivity contribution >= 4 is 0 Å². The minimum Gasteiger partial charge on any atom is -0.406 e. The van der Waals surface area contributed by atoms with Crippen molar-refractivity contribution in [1.29, 1.82) is 0 Å². The minimum absolute atomic E-state index is 0.165. The van der Waals surface area contributed by atoms with E-state index >= 15 is 0 Å². The third-order valence-corrected chi connectivity index (χ3v) is 2.65. The number of benzene rings is 1. The number of nitrogens with one attached hydrogen (secondary N) is 1. The van der Waals surface area contributed by atoms with Gasteiger partial charge in [-0.15, -0.1) is 13.2 Å². The number of rotatable bonds is 2. The molecule has 1 N–H and O–H groups in total. The number of ether oxygens (including phenoxy) is 1. The zero-order valence-electron chi connectivity index (χ0n) is 8.55. The van der Waals surface area contributed by atoms with Gasteiger partial charge < -0.3 is 10.1 Å². The fraction of sp³-hybridized carbons (Fsp3) is 0.455.